The second-order valence-electron chi connectivity index (χ2n) is 7.35. The number of Topliss-reactive ketones (excluding diaryl/α,β-unsaturated/α-hetero) is 1. The zero-order valence-corrected chi connectivity index (χ0v) is 15.9. The number of benzene rings is 1. The first-order valence-corrected chi connectivity index (χ1v) is 8.54. The Morgan fingerprint density at radius 2 is 1.78 bits per heavy atom. The van der Waals surface area contributed by atoms with E-state index in [2.05, 4.69) is 10.3 Å². The van der Waals surface area contributed by atoms with Crippen molar-refractivity contribution in [2.45, 2.75) is 40.2 Å². The second kappa shape index (κ2) is 6.50. The number of amides is 2. The summed E-state index contributed by atoms with van der Waals surface area (Å²) in [5.74, 6) is -1.37. The van der Waals surface area contributed by atoms with Gasteiger partial charge >= 0.3 is 12.0 Å². The Balaban J connectivity index is 2.03. The molecule has 0 saturated carbocycles. The number of carbonyl (C=O) groups is 3. The number of carbonyl (C=O) groups excluding carboxylic acids is 3. The highest BCUT2D eigenvalue weighted by molar-refractivity contribution is 6.55. The minimum absolute atomic E-state index is 0.147. The molecule has 0 saturated heterocycles. The smallest absolute Gasteiger partial charge is 0.412 e. The molecule has 1 N–H and O–H groups in total. The van der Waals surface area contributed by atoms with Crippen LogP contribution in [0.1, 0.15) is 42.5 Å². The lowest BCUT2D eigenvalue weighted by molar-refractivity contribution is -0.113. The van der Waals surface area contributed by atoms with E-state index < -0.39 is 23.4 Å². The van der Waals surface area contributed by atoms with Crippen molar-refractivity contribution in [1.82, 2.24) is 4.98 Å². The zero-order valence-electron chi connectivity index (χ0n) is 15.9. The van der Waals surface area contributed by atoms with Crippen LogP contribution in [0.25, 0.3) is 0 Å². The maximum atomic E-state index is 12.7. The fourth-order valence-electron chi connectivity index (χ4n) is 2.96. The number of ether oxygens (including phenoxy) is 1. The van der Waals surface area contributed by atoms with E-state index in [1.54, 1.807) is 58.0 Å². The third-order valence-electron chi connectivity index (χ3n) is 3.98. The SMILES string of the molecule is Cc1ccc(N2C(=O)C(=O)c3c(NC(=O)OC(C)(C)C)cccc32)c(C)n1. The fourth-order valence-corrected chi connectivity index (χ4v) is 2.96. The Labute approximate surface area is 157 Å². The van der Waals surface area contributed by atoms with E-state index in [9.17, 15) is 14.4 Å². The molecule has 2 heterocycles. The van der Waals surface area contributed by atoms with Crippen molar-refractivity contribution in [2.24, 2.45) is 0 Å². The molecule has 3 rings (SSSR count). The highest BCUT2D eigenvalue weighted by Crippen LogP contribution is 2.40. The van der Waals surface area contributed by atoms with Crippen molar-refractivity contribution in [3.8, 4) is 0 Å². The van der Waals surface area contributed by atoms with Crippen LogP contribution in [-0.2, 0) is 9.53 Å². The summed E-state index contributed by atoms with van der Waals surface area (Å²) in [4.78, 5) is 43.1. The van der Waals surface area contributed by atoms with Gasteiger partial charge in [-0.25, -0.2) is 4.79 Å². The van der Waals surface area contributed by atoms with Crippen molar-refractivity contribution in [3.05, 3.63) is 47.3 Å². The van der Waals surface area contributed by atoms with Crippen LogP contribution < -0.4 is 10.2 Å². The van der Waals surface area contributed by atoms with Gasteiger partial charge in [-0.15, -0.1) is 0 Å². The Kier molecular flexibility index (Phi) is 4.47. The first-order chi connectivity index (χ1) is 12.6. The van der Waals surface area contributed by atoms with Crippen LogP contribution in [0.5, 0.6) is 0 Å². The number of anilines is 3. The Morgan fingerprint density at radius 1 is 1.07 bits per heavy atom. The highest BCUT2D eigenvalue weighted by Gasteiger charge is 2.40. The summed E-state index contributed by atoms with van der Waals surface area (Å²) in [6.07, 6.45) is -0.692. The van der Waals surface area contributed by atoms with Crippen molar-refractivity contribution < 1.29 is 19.1 Å². The number of hydrogen-bond acceptors (Lipinski definition) is 5. The second-order valence-corrected chi connectivity index (χ2v) is 7.35. The third kappa shape index (κ3) is 3.53. The summed E-state index contributed by atoms with van der Waals surface area (Å²) in [6.45, 7) is 8.86. The van der Waals surface area contributed by atoms with E-state index in [0.29, 0.717) is 17.1 Å². The average molecular weight is 367 g/mol. The molecular weight excluding hydrogens is 346 g/mol. The van der Waals surface area contributed by atoms with Crippen LogP contribution >= 0.6 is 0 Å². The van der Waals surface area contributed by atoms with Gasteiger partial charge in [0.25, 0.3) is 5.78 Å². The van der Waals surface area contributed by atoms with Gasteiger partial charge in [0.2, 0.25) is 0 Å². The first-order valence-electron chi connectivity index (χ1n) is 8.54. The van der Waals surface area contributed by atoms with Gasteiger partial charge < -0.3 is 4.74 Å². The number of pyridine rings is 1. The van der Waals surface area contributed by atoms with Crippen LogP contribution in [0.15, 0.2) is 30.3 Å². The van der Waals surface area contributed by atoms with Gasteiger partial charge in [0, 0.05) is 5.69 Å². The predicted molar refractivity (Wildman–Crippen MR) is 101 cm³/mol. The molecule has 1 aromatic carbocycles. The molecule has 2 amide bonds. The number of rotatable bonds is 2. The topological polar surface area (TPSA) is 88.6 Å². The molecule has 7 heteroatoms. The molecule has 1 aliphatic rings. The number of ketones is 1. The number of aromatic nitrogens is 1. The predicted octanol–water partition coefficient (Wildman–Crippen LogP) is 3.91. The van der Waals surface area contributed by atoms with E-state index >= 15 is 0 Å². The Hall–Kier alpha value is -3.22. The molecule has 0 aliphatic carbocycles. The van der Waals surface area contributed by atoms with Crippen LogP contribution in [0.2, 0.25) is 0 Å². The normalized spacial score (nSPS) is 13.6. The van der Waals surface area contributed by atoms with Gasteiger partial charge in [0.05, 0.1) is 28.3 Å². The van der Waals surface area contributed by atoms with Gasteiger partial charge in [0.1, 0.15) is 5.60 Å². The fraction of sp³-hybridized carbons (Fsp3) is 0.300. The van der Waals surface area contributed by atoms with Crippen LogP contribution in [0.3, 0.4) is 0 Å². The van der Waals surface area contributed by atoms with E-state index in [1.165, 1.54) is 4.90 Å². The minimum Gasteiger partial charge on any atom is -0.444 e. The molecule has 0 unspecified atom stereocenters. The zero-order chi connectivity index (χ0) is 19.9. The largest absolute Gasteiger partial charge is 0.444 e. The Morgan fingerprint density at radius 3 is 2.41 bits per heavy atom. The van der Waals surface area contributed by atoms with Gasteiger partial charge in [-0.3, -0.25) is 24.8 Å². The van der Waals surface area contributed by atoms with Crippen LogP contribution in [0.4, 0.5) is 21.9 Å². The maximum absolute atomic E-state index is 12.7. The van der Waals surface area contributed by atoms with Crippen molar-refractivity contribution in [3.63, 3.8) is 0 Å². The molecule has 27 heavy (non-hydrogen) atoms. The standard InChI is InChI=1S/C20H21N3O4/c1-11-9-10-14(12(2)21-11)23-15-8-6-7-13(16(15)17(24)18(23)25)22-19(26)27-20(3,4)5/h6-10H,1-5H3,(H,22,26). The third-order valence-corrected chi connectivity index (χ3v) is 3.98. The monoisotopic (exact) mass is 367 g/mol. The number of nitrogens with one attached hydrogen (secondary N) is 1. The lowest BCUT2D eigenvalue weighted by Gasteiger charge is -2.21. The number of hydrogen-bond donors (Lipinski definition) is 1. The summed E-state index contributed by atoms with van der Waals surface area (Å²) < 4.78 is 5.24. The number of aryl methyl sites for hydroxylation is 2. The van der Waals surface area contributed by atoms with Crippen molar-refractivity contribution in [2.75, 3.05) is 10.2 Å². The molecule has 0 spiro atoms. The molecule has 1 aliphatic heterocycles. The Bertz CT molecular complexity index is 960. The summed E-state index contributed by atoms with van der Waals surface area (Å²) in [6, 6.07) is 8.43. The highest BCUT2D eigenvalue weighted by atomic mass is 16.6. The van der Waals surface area contributed by atoms with Crippen LogP contribution in [0, 0.1) is 13.8 Å². The van der Waals surface area contributed by atoms with Gasteiger partial charge in [-0.1, -0.05) is 6.07 Å². The summed E-state index contributed by atoms with van der Waals surface area (Å²) in [5, 5.41) is 2.57. The molecule has 0 atom stereocenters. The number of fused-ring (bicyclic) bond motifs is 1. The molecule has 1 aromatic heterocycles. The average Bonchev–Trinajstić information content (AvgIpc) is 2.79. The lowest BCUT2D eigenvalue weighted by Crippen LogP contribution is -2.28. The molecule has 7 nitrogen and oxygen atoms in total. The quantitative estimate of drug-likeness (QED) is 0.813. The van der Waals surface area contributed by atoms with Crippen molar-refractivity contribution in [1.29, 1.82) is 0 Å². The van der Waals surface area contributed by atoms with Crippen molar-refractivity contribution >= 4 is 34.8 Å². The van der Waals surface area contributed by atoms with E-state index in [4.69, 9.17) is 4.74 Å². The molecule has 140 valence electrons. The summed E-state index contributed by atoms with van der Waals surface area (Å²) in [5.41, 5.74) is 2.09. The first kappa shape index (κ1) is 18.6. The van der Waals surface area contributed by atoms with E-state index in [1.807, 2.05) is 6.92 Å². The number of nitrogens with zero attached hydrogens (tertiary/aromatic N) is 2. The lowest BCUT2D eigenvalue weighted by atomic mass is 10.1. The molecule has 0 bridgehead atoms. The maximum Gasteiger partial charge on any atom is 0.412 e. The molecule has 0 radical (unpaired) electrons. The van der Waals surface area contributed by atoms with Gasteiger partial charge in [-0.05, 0) is 58.9 Å². The summed E-state index contributed by atoms with van der Waals surface area (Å²) in [7, 11) is 0. The van der Waals surface area contributed by atoms with Gasteiger partial charge in [-0.2, -0.15) is 0 Å². The molecular formula is C20H21N3O4. The molecule has 2 aromatic rings. The minimum atomic E-state index is -0.692. The van der Waals surface area contributed by atoms with Crippen LogP contribution in [-0.4, -0.2) is 28.4 Å². The van der Waals surface area contributed by atoms with E-state index in [-0.39, 0.29) is 11.3 Å². The van der Waals surface area contributed by atoms with Gasteiger partial charge in [0.15, 0.2) is 0 Å². The molecule has 0 fully saturated rings. The van der Waals surface area contributed by atoms with E-state index in [0.717, 1.165) is 5.69 Å². The summed E-state index contributed by atoms with van der Waals surface area (Å²) >= 11 is 0.